The van der Waals surface area contributed by atoms with Gasteiger partial charge in [0.1, 0.15) is 11.2 Å². The molecular formula is C26H21NO. The van der Waals surface area contributed by atoms with Crippen molar-refractivity contribution in [2.75, 3.05) is 0 Å². The zero-order chi connectivity index (χ0) is 19.1. The molecule has 0 saturated carbocycles. The second-order valence-corrected chi connectivity index (χ2v) is 7.68. The lowest BCUT2D eigenvalue weighted by molar-refractivity contribution is 0.594. The summed E-state index contributed by atoms with van der Waals surface area (Å²) >= 11 is 0. The first-order valence-electron chi connectivity index (χ1n) is 9.58. The second kappa shape index (κ2) is 6.35. The molecule has 0 fully saturated rings. The van der Waals surface area contributed by atoms with Crippen molar-refractivity contribution in [1.82, 2.24) is 4.98 Å². The van der Waals surface area contributed by atoms with Gasteiger partial charge in [0.05, 0.1) is 11.4 Å². The van der Waals surface area contributed by atoms with Gasteiger partial charge < -0.3 is 4.42 Å². The first-order valence-corrected chi connectivity index (χ1v) is 9.58. The van der Waals surface area contributed by atoms with Gasteiger partial charge in [0.15, 0.2) is 0 Å². The SMILES string of the molecule is CC(C)(c1cccc(-c2ccccc2)n1)c1cccc2c1oc1ccccc12. The third-order valence-corrected chi connectivity index (χ3v) is 5.54. The minimum atomic E-state index is -0.293. The van der Waals surface area contributed by atoms with E-state index in [0.29, 0.717) is 0 Å². The summed E-state index contributed by atoms with van der Waals surface area (Å²) in [7, 11) is 0. The molecule has 0 bridgehead atoms. The van der Waals surface area contributed by atoms with E-state index in [4.69, 9.17) is 9.40 Å². The molecule has 28 heavy (non-hydrogen) atoms. The number of nitrogens with zero attached hydrogens (tertiary/aromatic N) is 1. The molecule has 2 aromatic heterocycles. The average molecular weight is 363 g/mol. The maximum atomic E-state index is 6.28. The van der Waals surface area contributed by atoms with Crippen LogP contribution in [0.1, 0.15) is 25.1 Å². The van der Waals surface area contributed by atoms with Gasteiger partial charge in [0.2, 0.25) is 0 Å². The first-order chi connectivity index (χ1) is 13.6. The van der Waals surface area contributed by atoms with Crippen molar-refractivity contribution in [3.8, 4) is 11.3 Å². The minimum absolute atomic E-state index is 0.293. The Morgan fingerprint density at radius 2 is 1.39 bits per heavy atom. The first kappa shape index (κ1) is 16.8. The van der Waals surface area contributed by atoms with Crippen molar-refractivity contribution in [2.24, 2.45) is 0 Å². The largest absolute Gasteiger partial charge is 0.456 e. The quantitative estimate of drug-likeness (QED) is 0.346. The van der Waals surface area contributed by atoms with Crippen LogP contribution in [-0.2, 0) is 5.41 Å². The lowest BCUT2D eigenvalue weighted by atomic mass is 9.80. The van der Waals surface area contributed by atoms with Gasteiger partial charge in [-0.15, -0.1) is 0 Å². The van der Waals surface area contributed by atoms with Crippen LogP contribution in [0, 0.1) is 0 Å². The van der Waals surface area contributed by atoms with E-state index in [-0.39, 0.29) is 5.41 Å². The Balaban J connectivity index is 1.69. The van der Waals surface area contributed by atoms with Gasteiger partial charge in [-0.3, -0.25) is 4.98 Å². The number of aromatic nitrogens is 1. The topological polar surface area (TPSA) is 26.0 Å². The lowest BCUT2D eigenvalue weighted by Crippen LogP contribution is -2.21. The molecule has 5 rings (SSSR count). The van der Waals surface area contributed by atoms with Crippen molar-refractivity contribution in [2.45, 2.75) is 19.3 Å². The van der Waals surface area contributed by atoms with Gasteiger partial charge in [0.25, 0.3) is 0 Å². The number of benzene rings is 3. The van der Waals surface area contributed by atoms with Crippen molar-refractivity contribution < 1.29 is 4.42 Å². The number of pyridine rings is 1. The molecule has 3 aromatic carbocycles. The van der Waals surface area contributed by atoms with Crippen molar-refractivity contribution in [3.63, 3.8) is 0 Å². The third kappa shape index (κ3) is 2.61. The molecule has 0 amide bonds. The van der Waals surface area contributed by atoms with Crippen LogP contribution < -0.4 is 0 Å². The summed E-state index contributed by atoms with van der Waals surface area (Å²) in [5.41, 5.74) is 5.87. The lowest BCUT2D eigenvalue weighted by Gasteiger charge is -2.25. The molecule has 0 aliphatic heterocycles. The fourth-order valence-corrected chi connectivity index (χ4v) is 3.93. The molecule has 2 heteroatoms. The van der Waals surface area contributed by atoms with Crippen LogP contribution in [-0.4, -0.2) is 4.98 Å². The normalized spacial score (nSPS) is 11.9. The predicted molar refractivity (Wildman–Crippen MR) is 116 cm³/mol. The molecule has 0 radical (unpaired) electrons. The van der Waals surface area contributed by atoms with Crippen LogP contribution in [0.5, 0.6) is 0 Å². The smallest absolute Gasteiger partial charge is 0.139 e. The maximum absolute atomic E-state index is 6.28. The molecule has 5 aromatic rings. The van der Waals surface area contributed by atoms with Crippen molar-refractivity contribution >= 4 is 21.9 Å². The van der Waals surface area contributed by atoms with Crippen LogP contribution >= 0.6 is 0 Å². The highest BCUT2D eigenvalue weighted by Gasteiger charge is 2.29. The zero-order valence-corrected chi connectivity index (χ0v) is 16.0. The predicted octanol–water partition coefficient (Wildman–Crippen LogP) is 6.97. The molecule has 0 atom stereocenters. The zero-order valence-electron chi connectivity index (χ0n) is 16.0. The van der Waals surface area contributed by atoms with Gasteiger partial charge in [-0.05, 0) is 18.2 Å². The number of hydrogen-bond donors (Lipinski definition) is 0. The molecule has 2 heterocycles. The Hall–Kier alpha value is -3.39. The molecule has 0 spiro atoms. The van der Waals surface area contributed by atoms with E-state index in [1.54, 1.807) is 0 Å². The Morgan fingerprint density at radius 3 is 2.25 bits per heavy atom. The van der Waals surface area contributed by atoms with E-state index in [1.807, 2.05) is 30.3 Å². The van der Waals surface area contributed by atoms with Gasteiger partial charge in [-0.25, -0.2) is 0 Å². The summed E-state index contributed by atoms with van der Waals surface area (Å²) in [6, 6.07) is 31.2. The highest BCUT2D eigenvalue weighted by atomic mass is 16.3. The van der Waals surface area contributed by atoms with Gasteiger partial charge in [-0.1, -0.05) is 86.6 Å². The summed E-state index contributed by atoms with van der Waals surface area (Å²) in [5.74, 6) is 0. The van der Waals surface area contributed by atoms with Crippen molar-refractivity contribution in [1.29, 1.82) is 0 Å². The monoisotopic (exact) mass is 363 g/mol. The molecule has 0 aliphatic rings. The number of rotatable bonds is 3. The third-order valence-electron chi connectivity index (χ3n) is 5.54. The van der Waals surface area contributed by atoms with Gasteiger partial charge in [-0.2, -0.15) is 0 Å². The van der Waals surface area contributed by atoms with Crippen LogP contribution in [0.2, 0.25) is 0 Å². The summed E-state index contributed by atoms with van der Waals surface area (Å²) in [6.45, 7) is 4.43. The fraction of sp³-hybridized carbons (Fsp3) is 0.115. The van der Waals surface area contributed by atoms with Crippen LogP contribution in [0.4, 0.5) is 0 Å². The molecule has 0 saturated heterocycles. The number of fused-ring (bicyclic) bond motifs is 3. The van der Waals surface area contributed by atoms with E-state index in [1.165, 1.54) is 0 Å². The molecule has 2 nitrogen and oxygen atoms in total. The number of hydrogen-bond acceptors (Lipinski definition) is 2. The molecular weight excluding hydrogens is 342 g/mol. The van der Waals surface area contributed by atoms with E-state index in [0.717, 1.165) is 44.5 Å². The van der Waals surface area contributed by atoms with E-state index < -0.39 is 0 Å². The average Bonchev–Trinajstić information content (AvgIpc) is 3.13. The highest BCUT2D eigenvalue weighted by Crippen LogP contribution is 2.39. The highest BCUT2D eigenvalue weighted by molar-refractivity contribution is 6.06. The summed E-state index contributed by atoms with van der Waals surface area (Å²) in [5, 5.41) is 2.31. The summed E-state index contributed by atoms with van der Waals surface area (Å²) in [6.07, 6.45) is 0. The van der Waals surface area contributed by atoms with Crippen LogP contribution in [0.15, 0.2) is 95.4 Å². The Labute approximate surface area is 164 Å². The molecule has 136 valence electrons. The fourth-order valence-electron chi connectivity index (χ4n) is 3.93. The van der Waals surface area contributed by atoms with Gasteiger partial charge >= 0.3 is 0 Å². The number of furan rings is 1. The van der Waals surface area contributed by atoms with Gasteiger partial charge in [0, 0.05) is 27.3 Å². The van der Waals surface area contributed by atoms with Crippen molar-refractivity contribution in [3.05, 3.63) is 102 Å². The Morgan fingerprint density at radius 1 is 0.679 bits per heavy atom. The van der Waals surface area contributed by atoms with E-state index in [9.17, 15) is 0 Å². The summed E-state index contributed by atoms with van der Waals surface area (Å²) in [4.78, 5) is 5.01. The van der Waals surface area contributed by atoms with Crippen LogP contribution in [0.3, 0.4) is 0 Å². The summed E-state index contributed by atoms with van der Waals surface area (Å²) < 4.78 is 6.28. The minimum Gasteiger partial charge on any atom is -0.456 e. The van der Waals surface area contributed by atoms with E-state index in [2.05, 4.69) is 74.5 Å². The standard InChI is InChI=1S/C26H21NO/c1-26(2,24-17-9-15-22(27-24)18-10-4-3-5-11-18)21-14-8-13-20-19-12-6-7-16-23(19)28-25(20)21/h3-17H,1-2H3. The maximum Gasteiger partial charge on any atom is 0.139 e. The second-order valence-electron chi connectivity index (χ2n) is 7.68. The van der Waals surface area contributed by atoms with E-state index >= 15 is 0 Å². The molecule has 0 N–H and O–H groups in total. The molecule has 0 aliphatic carbocycles. The molecule has 0 unspecified atom stereocenters. The Kier molecular flexibility index (Phi) is 3.80. The Bertz CT molecular complexity index is 1280. The number of para-hydroxylation sites is 2. The van der Waals surface area contributed by atoms with Crippen LogP contribution in [0.25, 0.3) is 33.2 Å².